The van der Waals surface area contributed by atoms with Crippen molar-refractivity contribution in [3.63, 3.8) is 0 Å². The molecule has 2 aromatic carbocycles. The molecule has 5 heteroatoms. The molecular weight excluding hydrogens is 316 g/mol. The zero-order chi connectivity index (χ0) is 17.8. The average molecular weight is 336 g/mol. The SMILES string of the molecule is CC(NC(=O)CCCN1C(=O)c2ccccc2C1=O)c1ccccc1. The molecular formula is C20H20N2O3. The number of imide groups is 1. The van der Waals surface area contributed by atoms with Crippen LogP contribution in [0, 0.1) is 0 Å². The van der Waals surface area contributed by atoms with Gasteiger partial charge >= 0.3 is 0 Å². The third-order valence-corrected chi connectivity index (χ3v) is 4.34. The standard InChI is InChI=1S/C20H20N2O3/c1-14(15-8-3-2-4-9-15)21-18(23)12-7-13-22-19(24)16-10-5-6-11-17(16)20(22)25/h2-6,8-11,14H,7,12-13H2,1H3,(H,21,23). The van der Waals surface area contributed by atoms with Gasteiger partial charge in [-0.2, -0.15) is 0 Å². The largest absolute Gasteiger partial charge is 0.350 e. The lowest BCUT2D eigenvalue weighted by atomic mass is 10.1. The van der Waals surface area contributed by atoms with Crippen LogP contribution in [0.1, 0.15) is 52.1 Å². The van der Waals surface area contributed by atoms with Gasteiger partial charge in [0.2, 0.25) is 5.91 Å². The Morgan fingerprint density at radius 2 is 1.52 bits per heavy atom. The minimum absolute atomic E-state index is 0.0759. The fourth-order valence-electron chi connectivity index (χ4n) is 2.98. The van der Waals surface area contributed by atoms with E-state index in [0.29, 0.717) is 17.5 Å². The molecule has 0 fully saturated rings. The fraction of sp³-hybridized carbons (Fsp3) is 0.250. The zero-order valence-corrected chi connectivity index (χ0v) is 14.1. The van der Waals surface area contributed by atoms with Crippen LogP contribution in [0.3, 0.4) is 0 Å². The lowest BCUT2D eigenvalue weighted by Gasteiger charge is -2.16. The third kappa shape index (κ3) is 3.60. The monoisotopic (exact) mass is 336 g/mol. The number of carbonyl (C=O) groups is 3. The van der Waals surface area contributed by atoms with Crippen molar-refractivity contribution in [2.45, 2.75) is 25.8 Å². The van der Waals surface area contributed by atoms with Crippen LogP contribution in [0.15, 0.2) is 54.6 Å². The van der Waals surface area contributed by atoms with Gasteiger partial charge in [0.1, 0.15) is 0 Å². The van der Waals surface area contributed by atoms with Crippen molar-refractivity contribution in [2.24, 2.45) is 0 Å². The van der Waals surface area contributed by atoms with Crippen molar-refractivity contribution in [1.29, 1.82) is 0 Å². The molecule has 1 N–H and O–H groups in total. The Hall–Kier alpha value is -2.95. The van der Waals surface area contributed by atoms with E-state index in [1.807, 2.05) is 37.3 Å². The lowest BCUT2D eigenvalue weighted by molar-refractivity contribution is -0.121. The minimum Gasteiger partial charge on any atom is -0.350 e. The van der Waals surface area contributed by atoms with E-state index in [0.717, 1.165) is 5.56 Å². The van der Waals surface area contributed by atoms with Gasteiger partial charge in [-0.25, -0.2) is 0 Å². The van der Waals surface area contributed by atoms with E-state index < -0.39 is 0 Å². The maximum Gasteiger partial charge on any atom is 0.261 e. The molecule has 3 rings (SSSR count). The summed E-state index contributed by atoms with van der Waals surface area (Å²) in [6.07, 6.45) is 0.712. The second-order valence-corrected chi connectivity index (χ2v) is 6.11. The number of amides is 3. The molecule has 0 radical (unpaired) electrons. The fourth-order valence-corrected chi connectivity index (χ4v) is 2.98. The number of hydrogen-bond acceptors (Lipinski definition) is 3. The van der Waals surface area contributed by atoms with Gasteiger partial charge in [-0.15, -0.1) is 0 Å². The summed E-state index contributed by atoms with van der Waals surface area (Å²) in [5.41, 5.74) is 1.92. The molecule has 1 aliphatic heterocycles. The number of nitrogens with one attached hydrogen (secondary N) is 1. The Morgan fingerprint density at radius 1 is 0.960 bits per heavy atom. The first-order valence-corrected chi connectivity index (χ1v) is 8.37. The number of hydrogen-bond donors (Lipinski definition) is 1. The van der Waals surface area contributed by atoms with Crippen LogP contribution >= 0.6 is 0 Å². The second kappa shape index (κ2) is 7.30. The molecule has 0 aliphatic carbocycles. The van der Waals surface area contributed by atoms with Gasteiger partial charge in [0, 0.05) is 13.0 Å². The molecule has 0 aromatic heterocycles. The molecule has 1 aliphatic rings. The van der Waals surface area contributed by atoms with Crippen LogP contribution in [0.2, 0.25) is 0 Å². The number of nitrogens with zero attached hydrogens (tertiary/aromatic N) is 1. The first-order chi connectivity index (χ1) is 12.1. The molecule has 1 unspecified atom stereocenters. The molecule has 25 heavy (non-hydrogen) atoms. The predicted molar refractivity (Wildman–Crippen MR) is 94.0 cm³/mol. The van der Waals surface area contributed by atoms with E-state index in [-0.39, 0.29) is 36.7 Å². The topological polar surface area (TPSA) is 66.5 Å². The summed E-state index contributed by atoms with van der Waals surface area (Å²) in [5, 5.41) is 2.93. The Bertz CT molecular complexity index is 767. The minimum atomic E-state index is -0.279. The van der Waals surface area contributed by atoms with Gasteiger partial charge in [-0.05, 0) is 31.0 Å². The first kappa shape index (κ1) is 16.9. The summed E-state index contributed by atoms with van der Waals surface area (Å²) in [7, 11) is 0. The van der Waals surface area contributed by atoms with E-state index in [2.05, 4.69) is 5.32 Å². The Kier molecular flexibility index (Phi) is 4.93. The second-order valence-electron chi connectivity index (χ2n) is 6.11. The van der Waals surface area contributed by atoms with Crippen LogP contribution < -0.4 is 5.32 Å². The number of fused-ring (bicyclic) bond motifs is 1. The predicted octanol–water partition coefficient (Wildman–Crippen LogP) is 2.94. The molecule has 0 spiro atoms. The highest BCUT2D eigenvalue weighted by Crippen LogP contribution is 2.22. The summed E-state index contributed by atoms with van der Waals surface area (Å²) in [4.78, 5) is 37.8. The Labute approximate surface area is 146 Å². The van der Waals surface area contributed by atoms with Crippen molar-refractivity contribution in [3.8, 4) is 0 Å². The quantitative estimate of drug-likeness (QED) is 0.825. The molecule has 1 heterocycles. The molecule has 2 aromatic rings. The van der Waals surface area contributed by atoms with Crippen molar-refractivity contribution in [3.05, 3.63) is 71.3 Å². The summed E-state index contributed by atoms with van der Waals surface area (Å²) >= 11 is 0. The molecule has 3 amide bonds. The van der Waals surface area contributed by atoms with Crippen LogP contribution in [-0.4, -0.2) is 29.2 Å². The highest BCUT2D eigenvalue weighted by molar-refractivity contribution is 6.21. The highest BCUT2D eigenvalue weighted by atomic mass is 16.2. The number of benzene rings is 2. The summed E-state index contributed by atoms with van der Waals surface area (Å²) < 4.78 is 0. The van der Waals surface area contributed by atoms with Crippen molar-refractivity contribution in [2.75, 3.05) is 6.54 Å². The smallest absolute Gasteiger partial charge is 0.261 e. The Morgan fingerprint density at radius 3 is 2.12 bits per heavy atom. The summed E-state index contributed by atoms with van der Waals surface area (Å²) in [6.45, 7) is 2.18. The maximum atomic E-state index is 12.3. The van der Waals surface area contributed by atoms with Gasteiger partial charge in [-0.1, -0.05) is 42.5 Å². The Balaban J connectivity index is 1.50. The summed E-state index contributed by atoms with van der Waals surface area (Å²) in [5.74, 6) is -0.648. The maximum absolute atomic E-state index is 12.3. The first-order valence-electron chi connectivity index (χ1n) is 8.37. The molecule has 1 atom stereocenters. The van der Waals surface area contributed by atoms with E-state index in [4.69, 9.17) is 0 Å². The van der Waals surface area contributed by atoms with Gasteiger partial charge in [-0.3, -0.25) is 19.3 Å². The van der Waals surface area contributed by atoms with Crippen LogP contribution in [0.5, 0.6) is 0 Å². The lowest BCUT2D eigenvalue weighted by Crippen LogP contribution is -2.32. The number of rotatable bonds is 6. The van der Waals surface area contributed by atoms with E-state index in [9.17, 15) is 14.4 Å². The van der Waals surface area contributed by atoms with Gasteiger partial charge < -0.3 is 5.32 Å². The van der Waals surface area contributed by atoms with E-state index >= 15 is 0 Å². The van der Waals surface area contributed by atoms with Crippen LogP contribution in [0.25, 0.3) is 0 Å². The van der Waals surface area contributed by atoms with Gasteiger partial charge in [0.25, 0.3) is 11.8 Å². The third-order valence-electron chi connectivity index (χ3n) is 4.34. The highest BCUT2D eigenvalue weighted by Gasteiger charge is 2.34. The number of carbonyl (C=O) groups excluding carboxylic acids is 3. The van der Waals surface area contributed by atoms with Gasteiger partial charge in [0.05, 0.1) is 17.2 Å². The van der Waals surface area contributed by atoms with Crippen molar-refractivity contribution in [1.82, 2.24) is 10.2 Å². The van der Waals surface area contributed by atoms with Crippen LogP contribution in [0.4, 0.5) is 0 Å². The van der Waals surface area contributed by atoms with E-state index in [1.165, 1.54) is 4.90 Å². The molecule has 0 bridgehead atoms. The average Bonchev–Trinajstić information content (AvgIpc) is 2.87. The van der Waals surface area contributed by atoms with Gasteiger partial charge in [0.15, 0.2) is 0 Å². The molecule has 0 saturated heterocycles. The normalized spacial score (nSPS) is 14.4. The molecule has 0 saturated carbocycles. The molecule has 5 nitrogen and oxygen atoms in total. The summed E-state index contributed by atoms with van der Waals surface area (Å²) in [6, 6.07) is 16.4. The molecule has 128 valence electrons. The zero-order valence-electron chi connectivity index (χ0n) is 14.1. The van der Waals surface area contributed by atoms with E-state index in [1.54, 1.807) is 24.3 Å². The van der Waals surface area contributed by atoms with Crippen molar-refractivity contribution < 1.29 is 14.4 Å². The van der Waals surface area contributed by atoms with Crippen molar-refractivity contribution >= 4 is 17.7 Å². The van der Waals surface area contributed by atoms with Crippen LogP contribution in [-0.2, 0) is 4.79 Å².